The van der Waals surface area contributed by atoms with Gasteiger partial charge >= 0.3 is 19.1 Å². The lowest BCUT2D eigenvalue weighted by Gasteiger charge is -2.42. The maximum Gasteiger partial charge on any atom is 0.573 e. The van der Waals surface area contributed by atoms with Gasteiger partial charge in [0.05, 0.1) is 51.1 Å². The molecule has 0 spiro atoms. The number of nitrogens with two attached hydrogens (primary N) is 3. The normalized spacial score (nSPS) is 27.1. The number of ether oxygens (including phenoxy) is 6. The first kappa shape index (κ1) is 83.1. The van der Waals surface area contributed by atoms with Gasteiger partial charge in [-0.3, -0.25) is 9.13 Å². The molecule has 0 bridgehead atoms. The first-order valence-electron chi connectivity index (χ1n) is 39.0. The Kier molecular flexibility index (Phi) is 23.2. The van der Waals surface area contributed by atoms with Crippen molar-refractivity contribution >= 4 is 83.9 Å². The molecule has 0 unspecified atom stereocenters. The maximum atomic E-state index is 12.5. The number of nitrogen functional groups attached to an aromatic ring is 3. The van der Waals surface area contributed by atoms with Crippen LogP contribution in [0, 0.1) is 17.8 Å². The van der Waals surface area contributed by atoms with Crippen molar-refractivity contribution < 1.29 is 98.6 Å². The molecule has 15 N–H and O–H groups in total. The largest absolute Gasteiger partial charge is 0.573 e. The summed E-state index contributed by atoms with van der Waals surface area (Å²) in [5.41, 5.74) is 23.1. The number of imidazole rings is 5. The number of rotatable bonds is 24. The van der Waals surface area contributed by atoms with Crippen LogP contribution < -0.4 is 31.4 Å². The summed E-state index contributed by atoms with van der Waals surface area (Å²) in [7, 11) is 5.92. The average Bonchev–Trinajstić information content (AvgIpc) is 1.63. The van der Waals surface area contributed by atoms with Crippen molar-refractivity contribution in [2.75, 3.05) is 58.0 Å². The number of aryl methyl sites for hydroxylation is 3. The molecular formula is C76H88F9N23O12. The van der Waals surface area contributed by atoms with E-state index in [1.807, 2.05) is 21.1 Å². The molecule has 3 aromatic carbocycles. The number of fused-ring (bicyclic) bond motifs is 6. The molecule has 12 heterocycles. The number of benzene rings is 3. The van der Waals surface area contributed by atoms with Gasteiger partial charge in [-0.25, -0.2) is 54.8 Å². The zero-order valence-corrected chi connectivity index (χ0v) is 64.6. The molecule has 0 radical (unpaired) electrons. The second-order valence-corrected chi connectivity index (χ2v) is 31.7. The highest BCUT2D eigenvalue weighted by molar-refractivity contribution is 5.86. The number of likely N-dealkylation sites (N-methyl/N-ethyl adjacent to an activating group) is 3. The quantitative estimate of drug-likeness (QED) is 0.0270. The molecule has 6 aliphatic rings. The van der Waals surface area contributed by atoms with Crippen molar-refractivity contribution in [1.29, 1.82) is 0 Å². The van der Waals surface area contributed by atoms with Crippen molar-refractivity contribution in [3.05, 3.63) is 116 Å². The first-order valence-corrected chi connectivity index (χ1v) is 39.0. The van der Waals surface area contributed by atoms with Gasteiger partial charge in [-0.1, -0.05) is 0 Å². The van der Waals surface area contributed by atoms with Crippen molar-refractivity contribution in [2.24, 2.45) is 17.8 Å². The summed E-state index contributed by atoms with van der Waals surface area (Å²) in [5, 5.41) is 64.9. The molecule has 44 heteroatoms. The summed E-state index contributed by atoms with van der Waals surface area (Å²) in [4.78, 5) is 62.0. The number of halogens is 9. The van der Waals surface area contributed by atoms with E-state index in [2.05, 4.69) is 98.7 Å². The van der Waals surface area contributed by atoms with Crippen LogP contribution in [0.15, 0.2) is 98.5 Å². The van der Waals surface area contributed by atoms with Crippen molar-refractivity contribution in [1.82, 2.24) is 98.2 Å². The van der Waals surface area contributed by atoms with E-state index in [-0.39, 0.29) is 28.9 Å². The van der Waals surface area contributed by atoms with E-state index < -0.39 is 92.7 Å². The average molecular weight is 1690 g/mol. The second-order valence-electron chi connectivity index (χ2n) is 31.7. The van der Waals surface area contributed by atoms with Crippen LogP contribution in [0.2, 0.25) is 0 Å². The van der Waals surface area contributed by atoms with Crippen molar-refractivity contribution in [3.8, 4) is 17.2 Å². The molecule has 3 aliphatic heterocycles. The predicted molar refractivity (Wildman–Crippen MR) is 410 cm³/mol. The SMILES string of the molecule is CN(C[C@H]1O[C@@H](n2ccc3c(N)ncnc32)[C@H](O)[C@@H]1O)C1CC(CCc2nc3ccc(OC(F)(F)F)cc3[nH]2)C1.CN(C[C@H]1O[C@@H](n2cnc3c(N)ncnc32)[C@H](O)[C@@H]1O)C1CC(CCc2nc3ccc(OC(F)(F)F)cc3[nH]2)C1.CN(C[C@H]1O[C@@H](n2cnc3c(N)ncnc32)[C@H](O)[C@@H]1O)C1CC(CCc2nc3ccc(OC(F)(F)F)cc3[nH]2)C1. The summed E-state index contributed by atoms with van der Waals surface area (Å²) in [6, 6.07) is 14.8. The Bertz CT molecular complexity index is 5040. The zero-order valence-electron chi connectivity index (χ0n) is 64.6. The minimum Gasteiger partial charge on any atom is -0.406 e. The molecule has 6 fully saturated rings. The van der Waals surface area contributed by atoms with Crippen LogP contribution in [-0.2, 0) is 33.5 Å². The molecule has 3 aliphatic carbocycles. The van der Waals surface area contributed by atoms with Gasteiger partial charge in [0.2, 0.25) is 0 Å². The lowest BCUT2D eigenvalue weighted by molar-refractivity contribution is -0.275. The second kappa shape index (κ2) is 33.5. The molecule has 18 rings (SSSR count). The number of aromatic amines is 3. The number of hydrogen-bond acceptors (Lipinski definition) is 29. The Morgan fingerprint density at radius 3 is 1.07 bits per heavy atom. The van der Waals surface area contributed by atoms with Crippen molar-refractivity contribution in [3.63, 3.8) is 0 Å². The molecule has 3 saturated carbocycles. The first-order chi connectivity index (χ1) is 57.2. The fourth-order valence-corrected chi connectivity index (χ4v) is 16.9. The van der Waals surface area contributed by atoms with E-state index in [0.717, 1.165) is 75.3 Å². The summed E-state index contributed by atoms with van der Waals surface area (Å²) in [5.74, 6) is 3.51. The molecule has 3 saturated heterocycles. The molecule has 12 atom stereocenters. The minimum atomic E-state index is -4.74. The number of hydrogen-bond donors (Lipinski definition) is 12. The number of aliphatic hydroxyl groups excluding tert-OH is 6. The van der Waals surface area contributed by atoms with E-state index in [1.165, 1.54) is 86.2 Å². The summed E-state index contributed by atoms with van der Waals surface area (Å²) in [6.45, 7) is 1.32. The summed E-state index contributed by atoms with van der Waals surface area (Å²) in [6.07, 6.45) is -6.15. The number of nitrogens with one attached hydrogen (secondary N) is 3. The van der Waals surface area contributed by atoms with Gasteiger partial charge in [0, 0.05) is 81.4 Å². The lowest BCUT2D eigenvalue weighted by Crippen LogP contribution is -2.47. The monoisotopic (exact) mass is 1690 g/mol. The third kappa shape index (κ3) is 18.1. The lowest BCUT2D eigenvalue weighted by atomic mass is 9.76. The van der Waals surface area contributed by atoms with E-state index in [1.54, 1.807) is 26.0 Å². The number of H-pyrrole nitrogens is 3. The molecule has 35 nitrogen and oxygen atoms in total. The Morgan fingerprint density at radius 1 is 0.417 bits per heavy atom. The third-order valence-corrected chi connectivity index (χ3v) is 23.6. The van der Waals surface area contributed by atoms with E-state index in [9.17, 15) is 70.2 Å². The van der Waals surface area contributed by atoms with E-state index in [4.69, 9.17) is 31.4 Å². The Balaban J connectivity index is 0.000000134. The number of anilines is 3. The molecule has 12 aromatic rings. The maximum absolute atomic E-state index is 12.5. The van der Waals surface area contributed by atoms with Gasteiger partial charge < -0.3 is 110 Å². The van der Waals surface area contributed by atoms with Gasteiger partial charge in [0.15, 0.2) is 41.6 Å². The minimum absolute atomic E-state index is 0.220. The van der Waals surface area contributed by atoms with E-state index >= 15 is 0 Å². The predicted octanol–water partition coefficient (Wildman–Crippen LogP) is 7.04. The van der Waals surface area contributed by atoms with Gasteiger partial charge in [-0.15, -0.1) is 39.5 Å². The Morgan fingerprint density at radius 2 is 0.733 bits per heavy atom. The number of nitrogens with zero attached hydrogens (tertiary/aromatic N) is 17. The zero-order chi connectivity index (χ0) is 84.5. The topological polar surface area (TPSA) is 468 Å². The van der Waals surface area contributed by atoms with Crippen LogP contribution in [0.5, 0.6) is 17.2 Å². The highest BCUT2D eigenvalue weighted by Crippen LogP contribution is 2.43. The summed E-state index contributed by atoms with van der Waals surface area (Å²) < 4.78 is 147. The fourth-order valence-electron chi connectivity index (χ4n) is 16.9. The molecule has 642 valence electrons. The number of aliphatic hydroxyl groups is 6. The van der Waals surface area contributed by atoms with Gasteiger partial charge in [-0.05, 0) is 139 Å². The standard InChI is InChI=1S/C26H30F3N7O4.2C25H29F3N8O4/c1-35(11-19-21(37)22(38)25(39-19)36-7-6-16-23(30)31-12-32-24(16)36)14-8-13(9-14)2-5-20-33-17-4-3-15(10-18(17)34-20)40-26(27,28)29;2*1-35(9-17-20(37)21(38)24(39-17)36-11-32-19-22(29)30-10-31-23(19)36)13-6-12(7-13)2-5-18-33-15-4-3-14(8-16(15)34-18)40-25(26,27)28/h3-4,6-7,10,12-14,19,21-22,25,37-38H,2,5,8-9,11H2,1H3,(H,33,34)(H2,30,31,32);2*3-4,8,10-13,17,20-21,24,37-38H,2,5-7,9H2,1H3,(H,33,34)(H2,29,30,31)/t13?,14?,19-,21-,22-,25-;2*12?,13?,17-,20-,21-,24-/m111/s1. The van der Waals surface area contributed by atoms with Crippen molar-refractivity contribution in [2.45, 2.75) is 188 Å². The van der Waals surface area contributed by atoms with Gasteiger partial charge in [-0.2, -0.15) is 0 Å². The van der Waals surface area contributed by atoms with Crippen LogP contribution in [0.3, 0.4) is 0 Å². The Labute approximate surface area is 675 Å². The van der Waals surface area contributed by atoms with Crippen LogP contribution in [0.25, 0.3) is 66.5 Å². The number of aromatic nitrogens is 17. The Hall–Kier alpha value is -10.5. The smallest absolute Gasteiger partial charge is 0.406 e. The summed E-state index contributed by atoms with van der Waals surface area (Å²) >= 11 is 0. The highest BCUT2D eigenvalue weighted by Gasteiger charge is 2.50. The highest BCUT2D eigenvalue weighted by atomic mass is 19.4. The molecule has 9 aromatic heterocycles. The third-order valence-electron chi connectivity index (χ3n) is 23.6. The van der Waals surface area contributed by atoms with Crippen LogP contribution >= 0.6 is 0 Å². The van der Waals surface area contributed by atoms with Gasteiger partial charge in [0.25, 0.3) is 0 Å². The van der Waals surface area contributed by atoms with Crippen LogP contribution in [0.4, 0.5) is 57.0 Å². The van der Waals surface area contributed by atoms with Gasteiger partial charge in [0.1, 0.15) is 131 Å². The van der Waals surface area contributed by atoms with E-state index in [0.29, 0.717) is 147 Å². The fraction of sp³-hybridized carbons (Fsp3) is 0.513. The molecule has 0 amide bonds. The molecule has 120 heavy (non-hydrogen) atoms. The number of alkyl halides is 9. The van der Waals surface area contributed by atoms with Crippen LogP contribution in [-0.4, -0.2) is 262 Å². The van der Waals surface area contributed by atoms with Crippen LogP contribution in [0.1, 0.15) is 93.9 Å². The molecular weight excluding hydrogens is 1600 g/mol.